The van der Waals surface area contributed by atoms with Crippen LogP contribution in [-0.2, 0) is 0 Å². The third-order valence-electron chi connectivity index (χ3n) is 4.07. The van der Waals surface area contributed by atoms with Crippen molar-refractivity contribution < 1.29 is 9.90 Å². The maximum atomic E-state index is 12.2. The van der Waals surface area contributed by atoms with Crippen molar-refractivity contribution in [2.45, 2.75) is 25.4 Å². The van der Waals surface area contributed by atoms with Crippen LogP contribution >= 0.6 is 11.3 Å². The van der Waals surface area contributed by atoms with Gasteiger partial charge in [0.25, 0.3) is 5.91 Å². The van der Waals surface area contributed by atoms with E-state index < -0.39 is 5.60 Å². The van der Waals surface area contributed by atoms with Crippen molar-refractivity contribution in [2.24, 2.45) is 0 Å². The number of anilines is 1. The molecule has 1 amide bonds. The molecule has 3 rings (SSSR count). The highest BCUT2D eigenvalue weighted by Crippen LogP contribution is 2.24. The average Bonchev–Trinajstić information content (AvgIpc) is 3.00. The number of nitrogens with zero attached hydrogens (tertiary/aromatic N) is 2. The molecule has 1 atom stereocenters. The fourth-order valence-electron chi connectivity index (χ4n) is 2.88. The van der Waals surface area contributed by atoms with Gasteiger partial charge in [0, 0.05) is 30.7 Å². The van der Waals surface area contributed by atoms with Crippen LogP contribution in [0.5, 0.6) is 0 Å². The van der Waals surface area contributed by atoms with Gasteiger partial charge in [0.15, 0.2) is 0 Å². The highest BCUT2D eigenvalue weighted by molar-refractivity contribution is 7.13. The van der Waals surface area contributed by atoms with Crippen molar-refractivity contribution in [3.63, 3.8) is 0 Å². The SMILES string of the molecule is Cc1ccc(C(=O)NCC2(O)CCCN(c3ccccn3)C2)s1. The molecule has 1 fully saturated rings. The zero-order valence-electron chi connectivity index (χ0n) is 13.2. The monoisotopic (exact) mass is 331 g/mol. The number of aromatic nitrogens is 1. The lowest BCUT2D eigenvalue weighted by Crippen LogP contribution is -2.54. The Morgan fingerprint density at radius 1 is 1.43 bits per heavy atom. The minimum absolute atomic E-state index is 0.119. The summed E-state index contributed by atoms with van der Waals surface area (Å²) < 4.78 is 0. The number of hydrogen-bond acceptors (Lipinski definition) is 5. The summed E-state index contributed by atoms with van der Waals surface area (Å²) in [6.45, 7) is 3.58. The van der Waals surface area contributed by atoms with E-state index in [1.807, 2.05) is 37.3 Å². The van der Waals surface area contributed by atoms with E-state index in [1.165, 1.54) is 11.3 Å². The summed E-state index contributed by atoms with van der Waals surface area (Å²) in [5.74, 6) is 0.748. The summed E-state index contributed by atoms with van der Waals surface area (Å²) in [6, 6.07) is 9.51. The third kappa shape index (κ3) is 3.89. The van der Waals surface area contributed by atoms with E-state index in [9.17, 15) is 9.90 Å². The van der Waals surface area contributed by atoms with Crippen LogP contribution in [0.1, 0.15) is 27.4 Å². The fraction of sp³-hybridized carbons (Fsp3) is 0.412. The largest absolute Gasteiger partial charge is 0.386 e. The molecule has 0 radical (unpaired) electrons. The number of hydrogen-bond donors (Lipinski definition) is 2. The summed E-state index contributed by atoms with van der Waals surface area (Å²) in [5.41, 5.74) is -0.919. The van der Waals surface area contributed by atoms with Gasteiger partial charge in [0.1, 0.15) is 5.82 Å². The minimum Gasteiger partial charge on any atom is -0.386 e. The van der Waals surface area contributed by atoms with Gasteiger partial charge < -0.3 is 15.3 Å². The van der Waals surface area contributed by atoms with Crippen LogP contribution in [0.25, 0.3) is 0 Å². The van der Waals surface area contributed by atoms with Gasteiger partial charge in [-0.05, 0) is 44.0 Å². The molecular formula is C17H21N3O2S. The predicted molar refractivity (Wildman–Crippen MR) is 92.0 cm³/mol. The van der Waals surface area contributed by atoms with Crippen molar-refractivity contribution in [1.29, 1.82) is 0 Å². The van der Waals surface area contributed by atoms with Crippen LogP contribution in [0.3, 0.4) is 0 Å². The minimum atomic E-state index is -0.919. The maximum Gasteiger partial charge on any atom is 0.261 e. The molecule has 0 spiro atoms. The van der Waals surface area contributed by atoms with E-state index in [0.29, 0.717) is 17.8 Å². The lowest BCUT2D eigenvalue weighted by Gasteiger charge is -2.39. The van der Waals surface area contributed by atoms with Crippen LogP contribution in [0.2, 0.25) is 0 Å². The van der Waals surface area contributed by atoms with Gasteiger partial charge in [-0.25, -0.2) is 4.98 Å². The van der Waals surface area contributed by atoms with E-state index in [-0.39, 0.29) is 12.5 Å². The highest BCUT2D eigenvalue weighted by Gasteiger charge is 2.34. The molecule has 2 N–H and O–H groups in total. The van der Waals surface area contributed by atoms with Gasteiger partial charge in [0.05, 0.1) is 10.5 Å². The molecule has 1 aliphatic heterocycles. The standard InChI is InChI=1S/C17H21N3O2S/c1-13-6-7-14(23-13)16(21)19-11-17(22)8-4-10-20(12-17)15-5-2-3-9-18-15/h2-3,5-7,9,22H,4,8,10-12H2,1H3,(H,19,21). The molecule has 0 aliphatic carbocycles. The second-order valence-electron chi connectivity index (χ2n) is 6.03. The van der Waals surface area contributed by atoms with Gasteiger partial charge in [-0.3, -0.25) is 4.79 Å². The van der Waals surface area contributed by atoms with Crippen LogP contribution in [0.15, 0.2) is 36.5 Å². The van der Waals surface area contributed by atoms with Crippen molar-refractivity contribution >= 4 is 23.1 Å². The number of piperidine rings is 1. The van der Waals surface area contributed by atoms with Gasteiger partial charge >= 0.3 is 0 Å². The first-order valence-electron chi connectivity index (χ1n) is 7.79. The molecule has 5 nitrogen and oxygen atoms in total. The van der Waals surface area contributed by atoms with Crippen molar-refractivity contribution in [3.05, 3.63) is 46.3 Å². The Morgan fingerprint density at radius 3 is 3.00 bits per heavy atom. The summed E-state index contributed by atoms with van der Waals surface area (Å²) in [5, 5.41) is 13.7. The number of aryl methyl sites for hydroxylation is 1. The summed E-state index contributed by atoms with van der Waals surface area (Å²) in [7, 11) is 0. The number of amides is 1. The summed E-state index contributed by atoms with van der Waals surface area (Å²) >= 11 is 1.46. The molecule has 1 unspecified atom stereocenters. The first kappa shape index (κ1) is 16.0. The molecule has 2 aromatic heterocycles. The normalized spacial score (nSPS) is 21.2. The van der Waals surface area contributed by atoms with Crippen LogP contribution < -0.4 is 10.2 Å². The van der Waals surface area contributed by atoms with Gasteiger partial charge in [0.2, 0.25) is 0 Å². The Labute approximate surface area is 140 Å². The van der Waals surface area contributed by atoms with Crippen molar-refractivity contribution in [3.8, 4) is 0 Å². The predicted octanol–water partition coefficient (Wildman–Crippen LogP) is 2.21. The van der Waals surface area contributed by atoms with E-state index >= 15 is 0 Å². The van der Waals surface area contributed by atoms with Gasteiger partial charge in [-0.2, -0.15) is 0 Å². The van der Waals surface area contributed by atoms with Crippen LogP contribution in [-0.4, -0.2) is 41.2 Å². The van der Waals surface area contributed by atoms with E-state index in [2.05, 4.69) is 15.2 Å². The molecule has 0 saturated carbocycles. The number of carbonyl (C=O) groups excluding carboxylic acids is 1. The molecule has 0 aromatic carbocycles. The number of rotatable bonds is 4. The van der Waals surface area contributed by atoms with Crippen molar-refractivity contribution in [2.75, 3.05) is 24.5 Å². The zero-order valence-corrected chi connectivity index (χ0v) is 14.0. The second-order valence-corrected chi connectivity index (χ2v) is 7.32. The Kier molecular flexibility index (Phi) is 4.63. The van der Waals surface area contributed by atoms with Gasteiger partial charge in [-0.1, -0.05) is 6.07 Å². The lowest BCUT2D eigenvalue weighted by molar-refractivity contribution is 0.0255. The Morgan fingerprint density at radius 2 is 2.30 bits per heavy atom. The molecule has 2 aromatic rings. The molecule has 1 aliphatic rings. The Bertz CT molecular complexity index is 673. The average molecular weight is 331 g/mol. The first-order valence-corrected chi connectivity index (χ1v) is 8.60. The lowest BCUT2D eigenvalue weighted by atomic mass is 9.92. The van der Waals surface area contributed by atoms with E-state index in [4.69, 9.17) is 0 Å². The smallest absolute Gasteiger partial charge is 0.261 e. The fourth-order valence-corrected chi connectivity index (χ4v) is 3.67. The molecule has 6 heteroatoms. The number of carbonyl (C=O) groups is 1. The second kappa shape index (κ2) is 6.68. The highest BCUT2D eigenvalue weighted by atomic mass is 32.1. The van der Waals surface area contributed by atoms with Crippen LogP contribution in [0.4, 0.5) is 5.82 Å². The molecule has 0 bridgehead atoms. The number of β-amino-alcohol motifs (C(OH)–C–C–N with tert-alkyl or cyclic N) is 1. The first-order chi connectivity index (χ1) is 11.1. The van der Waals surface area contributed by atoms with E-state index in [1.54, 1.807) is 6.20 Å². The number of aliphatic hydroxyl groups is 1. The summed E-state index contributed by atoms with van der Waals surface area (Å²) in [4.78, 5) is 20.4. The number of thiophene rings is 1. The summed E-state index contributed by atoms with van der Waals surface area (Å²) in [6.07, 6.45) is 3.31. The van der Waals surface area contributed by atoms with Gasteiger partial charge in [-0.15, -0.1) is 11.3 Å². The molecule has 3 heterocycles. The molecule has 23 heavy (non-hydrogen) atoms. The third-order valence-corrected chi connectivity index (χ3v) is 5.07. The Hall–Kier alpha value is -1.92. The van der Waals surface area contributed by atoms with E-state index in [0.717, 1.165) is 23.7 Å². The van der Waals surface area contributed by atoms with Crippen LogP contribution in [0, 0.1) is 6.92 Å². The Balaban J connectivity index is 1.61. The molecule has 1 saturated heterocycles. The molecular weight excluding hydrogens is 310 g/mol. The topological polar surface area (TPSA) is 65.5 Å². The quantitative estimate of drug-likeness (QED) is 0.901. The number of pyridine rings is 1. The molecule has 122 valence electrons. The maximum absolute atomic E-state index is 12.2. The number of nitrogens with one attached hydrogen (secondary N) is 1. The van der Waals surface area contributed by atoms with Crippen molar-refractivity contribution in [1.82, 2.24) is 10.3 Å². The zero-order chi connectivity index (χ0) is 16.3.